The molecule has 0 spiro atoms. The Labute approximate surface area is 258 Å². The van der Waals surface area contributed by atoms with Crippen LogP contribution in [0.4, 0.5) is 0 Å². The van der Waals surface area contributed by atoms with Gasteiger partial charge in [0.15, 0.2) is 0 Å². The monoisotopic (exact) mass is 604 g/mol. The molecule has 0 aliphatic rings. The Morgan fingerprint density at radius 1 is 0.682 bits per heavy atom. The minimum absolute atomic E-state index is 0.251. The Bertz CT molecular complexity index is 1570. The number of carbonyl (C=O) groups is 3. The molecule has 0 saturated carbocycles. The Hall–Kier alpha value is -3.95. The van der Waals surface area contributed by atoms with E-state index in [1.165, 1.54) is 13.8 Å². The third-order valence-corrected chi connectivity index (χ3v) is 7.21. The van der Waals surface area contributed by atoms with Gasteiger partial charge in [0.1, 0.15) is 34.9 Å². The van der Waals surface area contributed by atoms with Crippen molar-refractivity contribution in [1.82, 2.24) is 10.6 Å². The highest BCUT2D eigenvalue weighted by Crippen LogP contribution is 2.39. The van der Waals surface area contributed by atoms with Gasteiger partial charge in [0.2, 0.25) is 5.78 Å². The molecule has 0 amide bonds. The minimum Gasteiger partial charge on any atom is -0.458 e. The van der Waals surface area contributed by atoms with E-state index in [0.717, 1.165) is 0 Å². The number of ketones is 1. The number of hydrogen-bond acceptors (Lipinski definition) is 9. The lowest BCUT2D eigenvalue weighted by atomic mass is 9.94. The minimum atomic E-state index is -0.583. The number of esters is 2. The van der Waals surface area contributed by atoms with Gasteiger partial charge in [0.25, 0.3) is 0 Å². The summed E-state index contributed by atoms with van der Waals surface area (Å²) in [6, 6.07) is 11.0. The van der Waals surface area contributed by atoms with E-state index in [9.17, 15) is 14.4 Å². The second-order valence-corrected chi connectivity index (χ2v) is 13.3. The van der Waals surface area contributed by atoms with Gasteiger partial charge in [-0.15, -0.1) is 0 Å². The van der Waals surface area contributed by atoms with Crippen molar-refractivity contribution >= 4 is 39.7 Å². The Morgan fingerprint density at radius 2 is 1.05 bits per heavy atom. The molecule has 0 aliphatic heterocycles. The Kier molecular flexibility index (Phi) is 9.42. The van der Waals surface area contributed by atoms with Crippen molar-refractivity contribution in [2.45, 2.75) is 106 Å². The molecule has 9 nitrogen and oxygen atoms in total. The summed E-state index contributed by atoms with van der Waals surface area (Å²) in [4.78, 5) is 38.4. The second-order valence-electron chi connectivity index (χ2n) is 13.3. The molecule has 4 rings (SSSR count). The number of furan rings is 2. The molecule has 0 aliphatic carbocycles. The lowest BCUT2D eigenvalue weighted by molar-refractivity contribution is -0.146. The number of para-hydroxylation sites is 2. The number of benzene rings is 2. The molecule has 2 aromatic carbocycles. The molecule has 2 aromatic heterocycles. The molecule has 2 heterocycles. The first-order valence-corrected chi connectivity index (χ1v) is 14.9. The third-order valence-electron chi connectivity index (χ3n) is 7.21. The van der Waals surface area contributed by atoms with Crippen molar-refractivity contribution in [3.05, 3.63) is 70.2 Å². The second kappa shape index (κ2) is 12.6. The van der Waals surface area contributed by atoms with Crippen LogP contribution >= 0.6 is 0 Å². The SMILES string of the molecule is CC(=O)OC(C)c1cccc2c(C(=O)c3c(CNC(C)(C)C)oc4c(C(C)OC(C)=O)cccc34)c(CNC(C)(C)C)oc12. The zero-order chi connectivity index (χ0) is 32.6. The molecule has 4 aromatic rings. The van der Waals surface area contributed by atoms with Gasteiger partial charge in [-0.1, -0.05) is 36.4 Å². The highest BCUT2D eigenvalue weighted by Gasteiger charge is 2.31. The van der Waals surface area contributed by atoms with Crippen molar-refractivity contribution in [3.63, 3.8) is 0 Å². The molecular formula is C35H44N2O7. The zero-order valence-corrected chi connectivity index (χ0v) is 27.4. The summed E-state index contributed by atoms with van der Waals surface area (Å²) in [5.41, 5.74) is 2.62. The standard InChI is InChI=1S/C35H44N2O7/c1-19(41-21(3)38)23-13-11-15-25-29(27(43-32(23)25)17-36-34(5,6)7)31(40)30-26-16-12-14-24(20(2)42-22(4)39)33(26)44-28(30)18-37-35(8,9)10/h11-16,19-20,36-37H,17-18H2,1-10H3. The van der Waals surface area contributed by atoms with Crippen molar-refractivity contribution in [2.75, 3.05) is 0 Å². The summed E-state index contributed by atoms with van der Waals surface area (Å²) in [5.74, 6) is -0.140. The Balaban J connectivity index is 1.97. The van der Waals surface area contributed by atoms with E-state index >= 15 is 0 Å². The largest absolute Gasteiger partial charge is 0.458 e. The summed E-state index contributed by atoms with van der Waals surface area (Å²) in [7, 11) is 0. The van der Waals surface area contributed by atoms with Gasteiger partial charge < -0.3 is 28.9 Å². The first kappa shape index (κ1) is 33.0. The number of hydrogen-bond donors (Lipinski definition) is 2. The first-order valence-electron chi connectivity index (χ1n) is 14.9. The average molecular weight is 605 g/mol. The van der Waals surface area contributed by atoms with Crippen LogP contribution in [-0.2, 0) is 32.2 Å². The maximum atomic E-state index is 14.9. The summed E-state index contributed by atoms with van der Waals surface area (Å²) < 4.78 is 23.9. The third kappa shape index (κ3) is 7.39. The van der Waals surface area contributed by atoms with E-state index in [1.807, 2.05) is 77.9 Å². The van der Waals surface area contributed by atoms with Crippen molar-refractivity contribution in [2.24, 2.45) is 0 Å². The van der Waals surface area contributed by atoms with E-state index < -0.39 is 24.1 Å². The van der Waals surface area contributed by atoms with E-state index in [4.69, 9.17) is 18.3 Å². The molecule has 44 heavy (non-hydrogen) atoms. The van der Waals surface area contributed by atoms with Crippen LogP contribution < -0.4 is 10.6 Å². The van der Waals surface area contributed by atoms with Crippen LogP contribution in [0, 0.1) is 0 Å². The van der Waals surface area contributed by atoms with Crippen molar-refractivity contribution < 1.29 is 32.7 Å². The van der Waals surface area contributed by atoms with Gasteiger partial charge in [0, 0.05) is 46.8 Å². The lowest BCUT2D eigenvalue weighted by Gasteiger charge is -2.20. The molecule has 2 unspecified atom stereocenters. The van der Waals surface area contributed by atoms with Crippen LogP contribution in [0.5, 0.6) is 0 Å². The average Bonchev–Trinajstić information content (AvgIpc) is 3.46. The number of rotatable bonds is 10. The van der Waals surface area contributed by atoms with Crippen LogP contribution in [0.15, 0.2) is 45.2 Å². The van der Waals surface area contributed by atoms with Crippen LogP contribution in [-0.4, -0.2) is 28.8 Å². The summed E-state index contributed by atoms with van der Waals surface area (Å²) >= 11 is 0. The van der Waals surface area contributed by atoms with Crippen LogP contribution in [0.3, 0.4) is 0 Å². The van der Waals surface area contributed by atoms with Gasteiger partial charge in [-0.3, -0.25) is 14.4 Å². The Morgan fingerprint density at radius 3 is 1.36 bits per heavy atom. The first-order chi connectivity index (χ1) is 20.5. The summed E-state index contributed by atoms with van der Waals surface area (Å²) in [5, 5.41) is 8.12. The topological polar surface area (TPSA) is 120 Å². The fraction of sp³-hybridized carbons (Fsp3) is 0.457. The fourth-order valence-electron chi connectivity index (χ4n) is 5.21. The number of nitrogens with one attached hydrogen (secondary N) is 2. The molecule has 236 valence electrons. The highest BCUT2D eigenvalue weighted by molar-refractivity contribution is 6.22. The molecule has 2 N–H and O–H groups in total. The van der Waals surface area contributed by atoms with Gasteiger partial charge in [-0.05, 0) is 55.4 Å². The zero-order valence-electron chi connectivity index (χ0n) is 27.4. The predicted molar refractivity (Wildman–Crippen MR) is 169 cm³/mol. The molecular weight excluding hydrogens is 560 g/mol. The smallest absolute Gasteiger partial charge is 0.303 e. The van der Waals surface area contributed by atoms with E-state index in [0.29, 0.717) is 68.8 Å². The van der Waals surface area contributed by atoms with Gasteiger partial charge in [-0.25, -0.2) is 0 Å². The van der Waals surface area contributed by atoms with Gasteiger partial charge in [0.05, 0.1) is 24.2 Å². The molecule has 0 radical (unpaired) electrons. The highest BCUT2D eigenvalue weighted by atomic mass is 16.5. The van der Waals surface area contributed by atoms with E-state index in [1.54, 1.807) is 13.8 Å². The number of fused-ring (bicyclic) bond motifs is 2. The molecule has 0 bridgehead atoms. The maximum Gasteiger partial charge on any atom is 0.303 e. The van der Waals surface area contributed by atoms with Gasteiger partial charge in [-0.2, -0.15) is 0 Å². The van der Waals surface area contributed by atoms with Crippen molar-refractivity contribution in [3.8, 4) is 0 Å². The van der Waals surface area contributed by atoms with Crippen LogP contribution in [0.25, 0.3) is 21.9 Å². The summed E-state index contributed by atoms with van der Waals surface area (Å²) in [6.45, 7) is 19.1. The number of carbonyl (C=O) groups excluding carboxylic acids is 3. The van der Waals surface area contributed by atoms with E-state index in [-0.39, 0.29) is 16.9 Å². The van der Waals surface area contributed by atoms with E-state index in [2.05, 4.69) is 10.6 Å². The molecule has 0 saturated heterocycles. The lowest BCUT2D eigenvalue weighted by Crippen LogP contribution is -2.35. The fourth-order valence-corrected chi connectivity index (χ4v) is 5.21. The normalized spacial score (nSPS) is 13.7. The molecule has 0 fully saturated rings. The molecule has 9 heteroatoms. The molecule has 2 atom stereocenters. The number of ether oxygens (including phenoxy) is 2. The quantitative estimate of drug-likeness (QED) is 0.141. The van der Waals surface area contributed by atoms with Crippen LogP contribution in [0.2, 0.25) is 0 Å². The predicted octanol–water partition coefficient (Wildman–Crippen LogP) is 7.43. The summed E-state index contributed by atoms with van der Waals surface area (Å²) in [6.07, 6.45) is -1.17. The van der Waals surface area contributed by atoms with Gasteiger partial charge >= 0.3 is 11.9 Å². The van der Waals surface area contributed by atoms with Crippen LogP contribution in [0.1, 0.15) is 120 Å². The van der Waals surface area contributed by atoms with Crippen molar-refractivity contribution in [1.29, 1.82) is 0 Å². The maximum absolute atomic E-state index is 14.9.